The molecule has 1 unspecified atom stereocenters. The van der Waals surface area contributed by atoms with Crippen molar-refractivity contribution in [1.82, 2.24) is 0 Å². The topological polar surface area (TPSA) is 9.23 Å². The van der Waals surface area contributed by atoms with Gasteiger partial charge < -0.3 is 4.74 Å². The third kappa shape index (κ3) is 3.30. The van der Waals surface area contributed by atoms with E-state index < -0.39 is 0 Å². The van der Waals surface area contributed by atoms with Gasteiger partial charge in [0.05, 0.1) is 6.10 Å². The molecule has 0 bridgehead atoms. The summed E-state index contributed by atoms with van der Waals surface area (Å²) in [7, 11) is 0. The largest absolute Gasteiger partial charge is 0.378 e. The Bertz CT molecular complexity index is 134. The molecule has 1 saturated heterocycles. The Labute approximate surface area is 82.9 Å². The molecule has 78 valence electrons. The third-order valence-corrected chi connectivity index (χ3v) is 3.23. The molecule has 0 amide bonds. The fourth-order valence-corrected chi connectivity index (χ4v) is 2.15. The van der Waals surface area contributed by atoms with Gasteiger partial charge in [-0.3, -0.25) is 0 Å². The first-order chi connectivity index (χ1) is 6.17. The highest BCUT2D eigenvalue weighted by atomic mass is 16.5. The summed E-state index contributed by atoms with van der Waals surface area (Å²) in [6.07, 6.45) is 8.38. The smallest absolute Gasteiger partial charge is 0.0626 e. The van der Waals surface area contributed by atoms with Gasteiger partial charge in [0.2, 0.25) is 0 Å². The molecule has 1 atom stereocenters. The summed E-state index contributed by atoms with van der Waals surface area (Å²) in [5.74, 6) is 0. The molecule has 1 rings (SSSR count). The van der Waals surface area contributed by atoms with Crippen molar-refractivity contribution >= 4 is 0 Å². The Morgan fingerprint density at radius 2 is 2.08 bits per heavy atom. The number of hydrogen-bond acceptors (Lipinski definition) is 1. The summed E-state index contributed by atoms with van der Waals surface area (Å²) in [6, 6.07) is 0. The average molecular weight is 184 g/mol. The number of ether oxygens (including phenoxy) is 1. The molecular weight excluding hydrogens is 160 g/mol. The lowest BCUT2D eigenvalue weighted by atomic mass is 9.79. The lowest BCUT2D eigenvalue weighted by Crippen LogP contribution is -2.34. The van der Waals surface area contributed by atoms with E-state index in [0.29, 0.717) is 11.5 Å². The van der Waals surface area contributed by atoms with Crippen LogP contribution in [0.15, 0.2) is 0 Å². The van der Waals surface area contributed by atoms with Crippen molar-refractivity contribution in [1.29, 1.82) is 0 Å². The molecule has 0 saturated carbocycles. The third-order valence-electron chi connectivity index (χ3n) is 3.23. The van der Waals surface area contributed by atoms with Crippen molar-refractivity contribution in [2.45, 2.75) is 65.4 Å². The Morgan fingerprint density at radius 3 is 2.62 bits per heavy atom. The molecule has 0 aromatic heterocycles. The highest BCUT2D eigenvalue weighted by Gasteiger charge is 2.30. The second kappa shape index (κ2) is 4.99. The van der Waals surface area contributed by atoms with Crippen LogP contribution >= 0.6 is 0 Å². The van der Waals surface area contributed by atoms with Gasteiger partial charge in [-0.05, 0) is 31.1 Å². The summed E-state index contributed by atoms with van der Waals surface area (Å²) < 4.78 is 5.84. The van der Waals surface area contributed by atoms with E-state index >= 15 is 0 Å². The van der Waals surface area contributed by atoms with E-state index in [1.807, 2.05) is 0 Å². The molecule has 1 heterocycles. The summed E-state index contributed by atoms with van der Waals surface area (Å²) in [5, 5.41) is 0. The van der Waals surface area contributed by atoms with Crippen molar-refractivity contribution in [3.63, 3.8) is 0 Å². The molecule has 0 aromatic rings. The van der Waals surface area contributed by atoms with Crippen LogP contribution in [0.1, 0.15) is 59.3 Å². The normalized spacial score (nSPS) is 24.7. The lowest BCUT2D eigenvalue weighted by Gasteiger charge is -2.37. The Morgan fingerprint density at radius 1 is 1.31 bits per heavy atom. The molecule has 1 heteroatoms. The number of unbranched alkanes of at least 4 members (excludes halogenated alkanes) is 1. The highest BCUT2D eigenvalue weighted by Crippen LogP contribution is 2.34. The minimum absolute atomic E-state index is 0.399. The molecule has 0 N–H and O–H groups in total. The second-order valence-electron chi connectivity index (χ2n) is 4.95. The van der Waals surface area contributed by atoms with Crippen LogP contribution in [0, 0.1) is 5.41 Å². The van der Waals surface area contributed by atoms with E-state index in [1.54, 1.807) is 0 Å². The van der Waals surface area contributed by atoms with Crippen molar-refractivity contribution in [2.75, 3.05) is 6.61 Å². The molecule has 1 nitrogen and oxygen atoms in total. The van der Waals surface area contributed by atoms with Crippen LogP contribution in [-0.2, 0) is 4.74 Å². The lowest BCUT2D eigenvalue weighted by molar-refractivity contribution is -0.0582. The summed E-state index contributed by atoms with van der Waals surface area (Å²) in [6.45, 7) is 7.97. The first kappa shape index (κ1) is 11.0. The SMILES string of the molecule is CCCCC(C)(C)C1CCCCO1. The van der Waals surface area contributed by atoms with Crippen LogP contribution in [0.3, 0.4) is 0 Å². The maximum atomic E-state index is 5.84. The molecule has 1 aliphatic rings. The Kier molecular flexibility index (Phi) is 4.24. The second-order valence-corrected chi connectivity index (χ2v) is 4.95. The van der Waals surface area contributed by atoms with Crippen LogP contribution in [0.25, 0.3) is 0 Å². The van der Waals surface area contributed by atoms with Crippen LogP contribution in [0.5, 0.6) is 0 Å². The zero-order chi connectivity index (χ0) is 9.73. The van der Waals surface area contributed by atoms with Crippen molar-refractivity contribution < 1.29 is 4.74 Å². The summed E-state index contributed by atoms with van der Waals surface area (Å²) >= 11 is 0. The van der Waals surface area contributed by atoms with Crippen molar-refractivity contribution in [3.05, 3.63) is 0 Å². The average Bonchev–Trinajstić information content (AvgIpc) is 2.16. The van der Waals surface area contributed by atoms with Gasteiger partial charge in [-0.15, -0.1) is 0 Å². The minimum atomic E-state index is 0.399. The maximum Gasteiger partial charge on any atom is 0.0626 e. The molecule has 13 heavy (non-hydrogen) atoms. The standard InChI is InChI=1S/C12H24O/c1-4-5-9-12(2,3)11-8-6-7-10-13-11/h11H,4-10H2,1-3H3. The van der Waals surface area contributed by atoms with Crippen LogP contribution in [-0.4, -0.2) is 12.7 Å². The zero-order valence-electron chi connectivity index (χ0n) is 9.44. The van der Waals surface area contributed by atoms with Crippen molar-refractivity contribution in [2.24, 2.45) is 5.41 Å². The van der Waals surface area contributed by atoms with Gasteiger partial charge in [0.15, 0.2) is 0 Å². The zero-order valence-corrected chi connectivity index (χ0v) is 9.44. The first-order valence-corrected chi connectivity index (χ1v) is 5.78. The van der Waals surface area contributed by atoms with E-state index in [0.717, 1.165) is 6.61 Å². The Hall–Kier alpha value is -0.0400. The van der Waals surface area contributed by atoms with E-state index in [9.17, 15) is 0 Å². The van der Waals surface area contributed by atoms with Gasteiger partial charge in [0, 0.05) is 6.61 Å². The predicted octanol–water partition coefficient (Wildman–Crippen LogP) is 3.77. The van der Waals surface area contributed by atoms with Crippen LogP contribution in [0.2, 0.25) is 0 Å². The first-order valence-electron chi connectivity index (χ1n) is 5.78. The fourth-order valence-electron chi connectivity index (χ4n) is 2.15. The molecule has 0 aromatic carbocycles. The van der Waals surface area contributed by atoms with E-state index in [4.69, 9.17) is 4.74 Å². The van der Waals surface area contributed by atoms with Crippen molar-refractivity contribution in [3.8, 4) is 0 Å². The monoisotopic (exact) mass is 184 g/mol. The molecule has 0 spiro atoms. The van der Waals surface area contributed by atoms with Gasteiger partial charge in [-0.1, -0.05) is 33.6 Å². The maximum absolute atomic E-state index is 5.84. The molecular formula is C12H24O. The van der Waals surface area contributed by atoms with Crippen LogP contribution in [0.4, 0.5) is 0 Å². The van der Waals surface area contributed by atoms with Gasteiger partial charge in [-0.25, -0.2) is 0 Å². The Balaban J connectivity index is 2.36. The predicted molar refractivity (Wildman–Crippen MR) is 56.9 cm³/mol. The highest BCUT2D eigenvalue weighted by molar-refractivity contribution is 4.80. The van der Waals surface area contributed by atoms with E-state index in [-0.39, 0.29) is 0 Å². The fraction of sp³-hybridized carbons (Fsp3) is 1.00. The van der Waals surface area contributed by atoms with Gasteiger partial charge in [0.25, 0.3) is 0 Å². The minimum Gasteiger partial charge on any atom is -0.378 e. The van der Waals surface area contributed by atoms with Gasteiger partial charge in [0.1, 0.15) is 0 Å². The van der Waals surface area contributed by atoms with E-state index in [2.05, 4.69) is 20.8 Å². The summed E-state index contributed by atoms with van der Waals surface area (Å²) in [5.41, 5.74) is 0.399. The molecule has 1 aliphatic heterocycles. The number of rotatable bonds is 4. The molecule has 1 fully saturated rings. The molecule has 0 aliphatic carbocycles. The van der Waals surface area contributed by atoms with E-state index in [1.165, 1.54) is 38.5 Å². The quantitative estimate of drug-likeness (QED) is 0.646. The molecule has 0 radical (unpaired) electrons. The van der Waals surface area contributed by atoms with Crippen LogP contribution < -0.4 is 0 Å². The van der Waals surface area contributed by atoms with Gasteiger partial charge in [-0.2, -0.15) is 0 Å². The number of hydrogen-bond donors (Lipinski definition) is 0. The summed E-state index contributed by atoms with van der Waals surface area (Å²) in [4.78, 5) is 0. The van der Waals surface area contributed by atoms with Gasteiger partial charge >= 0.3 is 0 Å².